The van der Waals surface area contributed by atoms with Crippen molar-refractivity contribution >= 4 is 11.9 Å². The van der Waals surface area contributed by atoms with Crippen LogP contribution in [0.3, 0.4) is 0 Å². The molecule has 108 valence electrons. The fraction of sp³-hybridized carbons (Fsp3) is 0.857. The molecule has 1 heterocycles. The van der Waals surface area contributed by atoms with Crippen LogP contribution < -0.4 is 5.32 Å². The third-order valence-corrected chi connectivity index (χ3v) is 4.79. The summed E-state index contributed by atoms with van der Waals surface area (Å²) in [6.45, 7) is 3.39. The first kappa shape index (κ1) is 14.3. The Hall–Kier alpha value is -1.10. The average Bonchev–Trinajstić information content (AvgIpc) is 2.34. The van der Waals surface area contributed by atoms with Crippen LogP contribution in [0.5, 0.6) is 0 Å². The quantitative estimate of drug-likeness (QED) is 0.796. The number of carboxylic acid groups (broad SMARTS) is 1. The molecule has 2 N–H and O–H groups in total. The first-order chi connectivity index (χ1) is 9.02. The Kier molecular flexibility index (Phi) is 4.13. The second kappa shape index (κ2) is 5.49. The highest BCUT2D eigenvalue weighted by molar-refractivity contribution is 5.86. The molecule has 0 bridgehead atoms. The Morgan fingerprint density at radius 2 is 1.84 bits per heavy atom. The molecule has 5 heteroatoms. The van der Waals surface area contributed by atoms with Crippen LogP contribution in [-0.4, -0.2) is 35.7 Å². The van der Waals surface area contributed by atoms with Crippen LogP contribution in [0.1, 0.15) is 51.9 Å². The number of carboxylic acids is 1. The molecule has 0 atom stereocenters. The van der Waals surface area contributed by atoms with Crippen LogP contribution in [0.15, 0.2) is 0 Å². The third-order valence-electron chi connectivity index (χ3n) is 4.79. The van der Waals surface area contributed by atoms with Gasteiger partial charge in [-0.25, -0.2) is 0 Å². The Morgan fingerprint density at radius 3 is 2.26 bits per heavy atom. The predicted octanol–water partition coefficient (Wildman–Crippen LogP) is 1.71. The molecule has 1 amide bonds. The van der Waals surface area contributed by atoms with Crippen LogP contribution in [-0.2, 0) is 14.3 Å². The Balaban J connectivity index is 1.94. The number of carbonyl (C=O) groups excluding carboxylic acids is 1. The number of nitrogens with one attached hydrogen (secondary N) is 1. The second-order valence-corrected chi connectivity index (χ2v) is 5.91. The maximum Gasteiger partial charge on any atom is 0.310 e. The zero-order chi connectivity index (χ0) is 13.9. The summed E-state index contributed by atoms with van der Waals surface area (Å²) in [6.07, 6.45) is 4.76. The molecular formula is C14H23NO4. The number of hydrogen-bond acceptors (Lipinski definition) is 3. The van der Waals surface area contributed by atoms with E-state index in [0.717, 1.165) is 25.7 Å². The Labute approximate surface area is 113 Å². The van der Waals surface area contributed by atoms with E-state index in [9.17, 15) is 14.7 Å². The van der Waals surface area contributed by atoms with Crippen LogP contribution >= 0.6 is 0 Å². The van der Waals surface area contributed by atoms with E-state index in [2.05, 4.69) is 12.2 Å². The van der Waals surface area contributed by atoms with E-state index >= 15 is 0 Å². The number of carbonyl (C=O) groups is 2. The van der Waals surface area contributed by atoms with E-state index in [1.807, 2.05) is 0 Å². The molecule has 2 fully saturated rings. The number of amides is 1. The smallest absolute Gasteiger partial charge is 0.310 e. The van der Waals surface area contributed by atoms with Crippen molar-refractivity contribution in [3.05, 3.63) is 0 Å². The number of hydrogen-bond donors (Lipinski definition) is 2. The SMILES string of the molecule is CCC1(NC(=O)CC2(C(=O)O)CCC2)CCOCC1. The summed E-state index contributed by atoms with van der Waals surface area (Å²) in [5.41, 5.74) is -0.997. The lowest BCUT2D eigenvalue weighted by Crippen LogP contribution is -2.53. The predicted molar refractivity (Wildman–Crippen MR) is 69.8 cm³/mol. The van der Waals surface area contributed by atoms with E-state index in [0.29, 0.717) is 26.1 Å². The molecule has 1 aliphatic carbocycles. The van der Waals surface area contributed by atoms with Gasteiger partial charge >= 0.3 is 5.97 Å². The van der Waals surface area contributed by atoms with E-state index in [1.165, 1.54) is 0 Å². The summed E-state index contributed by atoms with van der Waals surface area (Å²) in [5, 5.41) is 12.3. The van der Waals surface area contributed by atoms with Gasteiger partial charge in [0.05, 0.1) is 5.41 Å². The summed E-state index contributed by atoms with van der Waals surface area (Å²) in [4.78, 5) is 23.5. The minimum Gasteiger partial charge on any atom is -0.481 e. The summed E-state index contributed by atoms with van der Waals surface area (Å²) in [5.74, 6) is -0.947. The van der Waals surface area contributed by atoms with E-state index < -0.39 is 11.4 Å². The minimum absolute atomic E-state index is 0.116. The second-order valence-electron chi connectivity index (χ2n) is 5.91. The van der Waals surface area contributed by atoms with Gasteiger partial charge in [0.15, 0.2) is 0 Å². The van der Waals surface area contributed by atoms with E-state index in [4.69, 9.17) is 4.74 Å². The van der Waals surface area contributed by atoms with Gasteiger partial charge < -0.3 is 15.2 Å². The van der Waals surface area contributed by atoms with E-state index in [1.54, 1.807) is 0 Å². The molecule has 2 rings (SSSR count). The van der Waals surface area contributed by atoms with Gasteiger partial charge in [-0.15, -0.1) is 0 Å². The highest BCUT2D eigenvalue weighted by Gasteiger charge is 2.46. The molecule has 0 aromatic heterocycles. The standard InChI is InChI=1S/C14H23NO4/c1-2-14(6-8-19-9-7-14)15-11(16)10-13(12(17)18)4-3-5-13/h2-10H2,1H3,(H,15,16)(H,17,18). The van der Waals surface area contributed by atoms with Crippen molar-refractivity contribution in [3.8, 4) is 0 Å². The Bertz CT molecular complexity index is 356. The number of ether oxygens (including phenoxy) is 1. The molecule has 0 unspecified atom stereocenters. The number of rotatable bonds is 5. The third kappa shape index (κ3) is 2.91. The summed E-state index contributed by atoms with van der Waals surface area (Å²) in [7, 11) is 0. The number of aliphatic carboxylic acids is 1. The van der Waals surface area contributed by atoms with Crippen molar-refractivity contribution in [1.82, 2.24) is 5.32 Å². The van der Waals surface area contributed by atoms with Crippen molar-refractivity contribution in [2.75, 3.05) is 13.2 Å². The zero-order valence-corrected chi connectivity index (χ0v) is 11.5. The molecule has 0 aromatic carbocycles. The zero-order valence-electron chi connectivity index (χ0n) is 11.5. The van der Waals surface area contributed by atoms with Crippen LogP contribution in [0.25, 0.3) is 0 Å². The van der Waals surface area contributed by atoms with Crippen molar-refractivity contribution in [2.24, 2.45) is 5.41 Å². The fourth-order valence-corrected chi connectivity index (χ4v) is 3.05. The molecule has 1 aliphatic heterocycles. The van der Waals surface area contributed by atoms with Crippen LogP contribution in [0, 0.1) is 5.41 Å². The van der Waals surface area contributed by atoms with Gasteiger partial charge in [0.1, 0.15) is 0 Å². The summed E-state index contributed by atoms with van der Waals surface area (Å²) >= 11 is 0. The normalized spacial score (nSPS) is 24.3. The van der Waals surface area contributed by atoms with Crippen molar-refractivity contribution in [3.63, 3.8) is 0 Å². The van der Waals surface area contributed by atoms with Crippen molar-refractivity contribution in [1.29, 1.82) is 0 Å². The molecular weight excluding hydrogens is 246 g/mol. The topological polar surface area (TPSA) is 75.6 Å². The van der Waals surface area contributed by atoms with Gasteiger partial charge in [0.2, 0.25) is 5.91 Å². The molecule has 19 heavy (non-hydrogen) atoms. The highest BCUT2D eigenvalue weighted by Crippen LogP contribution is 2.44. The summed E-state index contributed by atoms with van der Waals surface area (Å²) in [6, 6.07) is 0. The van der Waals surface area contributed by atoms with Gasteiger partial charge in [0, 0.05) is 25.2 Å². The molecule has 0 spiro atoms. The monoisotopic (exact) mass is 269 g/mol. The maximum absolute atomic E-state index is 12.2. The molecule has 5 nitrogen and oxygen atoms in total. The lowest BCUT2D eigenvalue weighted by atomic mass is 9.66. The Morgan fingerprint density at radius 1 is 1.21 bits per heavy atom. The largest absolute Gasteiger partial charge is 0.481 e. The molecule has 0 aromatic rings. The maximum atomic E-state index is 12.2. The highest BCUT2D eigenvalue weighted by atomic mass is 16.5. The molecule has 1 saturated carbocycles. The molecule has 1 saturated heterocycles. The average molecular weight is 269 g/mol. The van der Waals surface area contributed by atoms with Gasteiger partial charge in [-0.05, 0) is 32.1 Å². The summed E-state index contributed by atoms with van der Waals surface area (Å²) < 4.78 is 5.33. The van der Waals surface area contributed by atoms with Crippen LogP contribution in [0.4, 0.5) is 0 Å². The fourth-order valence-electron chi connectivity index (χ4n) is 3.05. The van der Waals surface area contributed by atoms with Crippen LogP contribution in [0.2, 0.25) is 0 Å². The van der Waals surface area contributed by atoms with Gasteiger partial charge in [0.25, 0.3) is 0 Å². The van der Waals surface area contributed by atoms with Crippen molar-refractivity contribution in [2.45, 2.75) is 57.4 Å². The van der Waals surface area contributed by atoms with Gasteiger partial charge in [-0.1, -0.05) is 13.3 Å². The first-order valence-corrected chi connectivity index (χ1v) is 7.14. The first-order valence-electron chi connectivity index (χ1n) is 7.14. The lowest BCUT2D eigenvalue weighted by Gasteiger charge is -2.40. The lowest BCUT2D eigenvalue weighted by molar-refractivity contribution is -0.158. The van der Waals surface area contributed by atoms with E-state index in [-0.39, 0.29) is 17.9 Å². The minimum atomic E-state index is -0.827. The molecule has 0 radical (unpaired) electrons. The van der Waals surface area contributed by atoms with Gasteiger partial charge in [-0.3, -0.25) is 9.59 Å². The van der Waals surface area contributed by atoms with Crippen molar-refractivity contribution < 1.29 is 19.4 Å². The van der Waals surface area contributed by atoms with Gasteiger partial charge in [-0.2, -0.15) is 0 Å². The molecule has 2 aliphatic rings.